The molecule has 6 nitrogen and oxygen atoms in total. The molecule has 16 heavy (non-hydrogen) atoms. The number of methoxy groups -OCH3 is 2. The molecular weight excluding hydrogens is 216 g/mol. The SMILES string of the molecule is COC(=O)C1C2OC(C3OC32)C1C(=O)OC. The van der Waals surface area contributed by atoms with Crippen molar-refractivity contribution in [3.05, 3.63) is 0 Å². The third-order valence-electron chi connectivity index (χ3n) is 3.56. The zero-order valence-electron chi connectivity index (χ0n) is 8.91. The lowest BCUT2D eigenvalue weighted by Crippen LogP contribution is -2.42. The van der Waals surface area contributed by atoms with E-state index in [9.17, 15) is 9.59 Å². The number of hydrogen-bond donors (Lipinski definition) is 0. The average molecular weight is 228 g/mol. The highest BCUT2D eigenvalue weighted by Gasteiger charge is 2.73. The highest BCUT2D eigenvalue weighted by atomic mass is 16.7. The molecule has 0 saturated carbocycles. The number of epoxide rings is 1. The van der Waals surface area contributed by atoms with Crippen LogP contribution in [0.3, 0.4) is 0 Å². The summed E-state index contributed by atoms with van der Waals surface area (Å²) >= 11 is 0. The standard InChI is InChI=1S/C10H12O6/c1-13-9(11)3-4(10(12)14-2)6-8-7(16-8)5(3)15-6/h3-8H,1-2H3. The van der Waals surface area contributed by atoms with Gasteiger partial charge in [-0.15, -0.1) is 0 Å². The molecular formula is C10H12O6. The maximum Gasteiger partial charge on any atom is 0.312 e. The number of fused-ring (bicyclic) bond motifs is 5. The second-order valence-electron chi connectivity index (χ2n) is 4.23. The fourth-order valence-electron chi connectivity index (χ4n) is 2.82. The maximum absolute atomic E-state index is 11.6. The van der Waals surface area contributed by atoms with E-state index in [1.165, 1.54) is 14.2 Å². The lowest BCUT2D eigenvalue weighted by atomic mass is 9.79. The molecule has 6 unspecified atom stereocenters. The largest absolute Gasteiger partial charge is 0.469 e. The fraction of sp³-hybridized carbons (Fsp3) is 0.800. The Labute approximate surface area is 91.8 Å². The third kappa shape index (κ3) is 1.08. The van der Waals surface area contributed by atoms with E-state index in [2.05, 4.69) is 0 Å². The molecule has 0 radical (unpaired) electrons. The zero-order chi connectivity index (χ0) is 11.4. The molecule has 0 amide bonds. The van der Waals surface area contributed by atoms with Gasteiger partial charge in [0.2, 0.25) is 0 Å². The fourth-order valence-corrected chi connectivity index (χ4v) is 2.82. The van der Waals surface area contributed by atoms with Gasteiger partial charge in [-0.25, -0.2) is 0 Å². The van der Waals surface area contributed by atoms with Gasteiger partial charge in [0.15, 0.2) is 0 Å². The predicted octanol–water partition coefficient (Wildman–Crippen LogP) is -0.887. The Morgan fingerprint density at radius 1 is 0.812 bits per heavy atom. The van der Waals surface area contributed by atoms with Crippen LogP contribution in [0, 0.1) is 11.8 Å². The summed E-state index contributed by atoms with van der Waals surface area (Å²) in [6.07, 6.45) is -0.803. The van der Waals surface area contributed by atoms with Crippen LogP contribution in [0.5, 0.6) is 0 Å². The first kappa shape index (κ1) is 10.0. The Bertz CT molecular complexity index is 321. The molecule has 0 N–H and O–H groups in total. The molecule has 3 aliphatic heterocycles. The van der Waals surface area contributed by atoms with Crippen molar-refractivity contribution in [3.8, 4) is 0 Å². The quantitative estimate of drug-likeness (QED) is 0.451. The van der Waals surface area contributed by atoms with Gasteiger partial charge in [0, 0.05) is 0 Å². The van der Waals surface area contributed by atoms with Gasteiger partial charge in [-0.3, -0.25) is 9.59 Å². The highest BCUT2D eigenvalue weighted by molar-refractivity contribution is 5.84. The first-order chi connectivity index (χ1) is 7.69. The smallest absolute Gasteiger partial charge is 0.312 e. The molecule has 0 aromatic rings. The molecule has 2 bridgehead atoms. The van der Waals surface area contributed by atoms with E-state index in [1.54, 1.807) is 0 Å². The summed E-state index contributed by atoms with van der Waals surface area (Å²) < 4.78 is 20.3. The summed E-state index contributed by atoms with van der Waals surface area (Å²) in [6.45, 7) is 0. The topological polar surface area (TPSA) is 74.4 Å². The van der Waals surface area contributed by atoms with Crippen LogP contribution in [0.15, 0.2) is 0 Å². The Balaban J connectivity index is 1.89. The van der Waals surface area contributed by atoms with Crippen molar-refractivity contribution in [1.29, 1.82) is 0 Å². The van der Waals surface area contributed by atoms with Crippen molar-refractivity contribution >= 4 is 11.9 Å². The highest BCUT2D eigenvalue weighted by Crippen LogP contribution is 2.54. The molecule has 0 spiro atoms. The van der Waals surface area contributed by atoms with Crippen molar-refractivity contribution in [2.45, 2.75) is 24.4 Å². The molecule has 6 atom stereocenters. The van der Waals surface area contributed by atoms with Crippen LogP contribution < -0.4 is 0 Å². The summed E-state index contributed by atoms with van der Waals surface area (Å²) in [5.41, 5.74) is 0. The molecule has 0 aromatic heterocycles. The molecule has 3 rings (SSSR count). The Morgan fingerprint density at radius 2 is 1.19 bits per heavy atom. The van der Waals surface area contributed by atoms with Crippen molar-refractivity contribution < 1.29 is 28.5 Å². The lowest BCUT2D eigenvalue weighted by Gasteiger charge is -2.21. The molecule has 3 heterocycles. The van der Waals surface area contributed by atoms with E-state index in [1.807, 2.05) is 0 Å². The van der Waals surface area contributed by atoms with E-state index in [0.717, 1.165) is 0 Å². The minimum atomic E-state index is -0.591. The maximum atomic E-state index is 11.6. The first-order valence-corrected chi connectivity index (χ1v) is 5.15. The van der Waals surface area contributed by atoms with Gasteiger partial charge in [-0.05, 0) is 0 Å². The molecule has 6 heteroatoms. The van der Waals surface area contributed by atoms with Crippen LogP contribution in [0.2, 0.25) is 0 Å². The molecule has 88 valence electrons. The minimum absolute atomic E-state index is 0.0463. The summed E-state index contributed by atoms with van der Waals surface area (Å²) in [4.78, 5) is 23.3. The van der Waals surface area contributed by atoms with E-state index < -0.39 is 23.8 Å². The third-order valence-corrected chi connectivity index (χ3v) is 3.56. The number of rotatable bonds is 2. The van der Waals surface area contributed by atoms with E-state index in [-0.39, 0.29) is 24.4 Å². The monoisotopic (exact) mass is 228 g/mol. The van der Waals surface area contributed by atoms with Crippen molar-refractivity contribution in [2.24, 2.45) is 11.8 Å². The van der Waals surface area contributed by atoms with Gasteiger partial charge >= 0.3 is 11.9 Å². The summed E-state index contributed by atoms with van der Waals surface area (Å²) in [5, 5.41) is 0. The van der Waals surface area contributed by atoms with E-state index in [0.29, 0.717) is 0 Å². The molecule has 3 aliphatic rings. The number of ether oxygens (including phenoxy) is 4. The van der Waals surface area contributed by atoms with Crippen LogP contribution in [-0.4, -0.2) is 50.6 Å². The summed E-state index contributed by atoms with van der Waals surface area (Å²) in [7, 11) is 2.60. The van der Waals surface area contributed by atoms with E-state index in [4.69, 9.17) is 18.9 Å². The molecule has 3 fully saturated rings. The summed E-state index contributed by atoms with van der Waals surface area (Å²) in [5.74, 6) is -2.05. The lowest BCUT2D eigenvalue weighted by molar-refractivity contribution is -0.157. The van der Waals surface area contributed by atoms with Crippen LogP contribution in [0.25, 0.3) is 0 Å². The number of esters is 2. The average Bonchev–Trinajstić information content (AvgIpc) is 2.93. The van der Waals surface area contributed by atoms with Crippen LogP contribution >= 0.6 is 0 Å². The molecule has 0 aromatic carbocycles. The van der Waals surface area contributed by atoms with Crippen molar-refractivity contribution in [1.82, 2.24) is 0 Å². The van der Waals surface area contributed by atoms with Crippen LogP contribution in [-0.2, 0) is 28.5 Å². The van der Waals surface area contributed by atoms with Crippen molar-refractivity contribution in [2.75, 3.05) is 14.2 Å². The number of hydrogen-bond acceptors (Lipinski definition) is 6. The van der Waals surface area contributed by atoms with Crippen LogP contribution in [0.1, 0.15) is 0 Å². The van der Waals surface area contributed by atoms with Gasteiger partial charge in [0.1, 0.15) is 36.3 Å². The molecule has 3 saturated heterocycles. The summed E-state index contributed by atoms with van der Waals surface area (Å²) in [6, 6.07) is 0. The predicted molar refractivity (Wildman–Crippen MR) is 48.3 cm³/mol. The van der Waals surface area contributed by atoms with Crippen molar-refractivity contribution in [3.63, 3.8) is 0 Å². The van der Waals surface area contributed by atoms with Crippen LogP contribution in [0.4, 0.5) is 0 Å². The zero-order valence-corrected chi connectivity index (χ0v) is 8.91. The number of carbonyl (C=O) groups excluding carboxylic acids is 2. The normalized spacial score (nSPS) is 47.4. The van der Waals surface area contributed by atoms with E-state index >= 15 is 0 Å². The Kier molecular flexibility index (Phi) is 1.99. The first-order valence-electron chi connectivity index (χ1n) is 5.15. The molecule has 0 aliphatic carbocycles. The van der Waals surface area contributed by atoms with Gasteiger partial charge in [0.25, 0.3) is 0 Å². The van der Waals surface area contributed by atoms with Gasteiger partial charge < -0.3 is 18.9 Å². The Hall–Kier alpha value is -1.14. The second-order valence-corrected chi connectivity index (χ2v) is 4.23. The van der Waals surface area contributed by atoms with Gasteiger partial charge in [0.05, 0.1) is 14.2 Å². The minimum Gasteiger partial charge on any atom is -0.469 e. The number of carbonyl (C=O) groups is 2. The second kappa shape index (κ2) is 3.18. The van der Waals surface area contributed by atoms with Gasteiger partial charge in [-0.2, -0.15) is 0 Å². The van der Waals surface area contributed by atoms with Gasteiger partial charge in [-0.1, -0.05) is 0 Å². The Morgan fingerprint density at radius 3 is 1.56 bits per heavy atom.